The van der Waals surface area contributed by atoms with Crippen LogP contribution < -0.4 is 10.1 Å². The Morgan fingerprint density at radius 3 is 2.78 bits per heavy atom. The van der Waals surface area contributed by atoms with Gasteiger partial charge in [-0.1, -0.05) is 28.1 Å². The van der Waals surface area contributed by atoms with Gasteiger partial charge in [-0.2, -0.15) is 5.26 Å². The molecule has 2 aromatic rings. The molecule has 1 aliphatic heterocycles. The Labute approximate surface area is 167 Å². The third-order valence-electron chi connectivity index (χ3n) is 4.56. The summed E-state index contributed by atoms with van der Waals surface area (Å²) in [6.07, 6.45) is 0.574. The van der Waals surface area contributed by atoms with E-state index in [0.717, 1.165) is 34.3 Å². The van der Waals surface area contributed by atoms with E-state index in [4.69, 9.17) is 14.7 Å². The van der Waals surface area contributed by atoms with Crippen molar-refractivity contribution in [3.63, 3.8) is 0 Å². The summed E-state index contributed by atoms with van der Waals surface area (Å²) in [4.78, 5) is 12.6. The highest BCUT2D eigenvalue weighted by Crippen LogP contribution is 2.27. The van der Waals surface area contributed by atoms with E-state index in [1.165, 1.54) is 0 Å². The fourth-order valence-corrected chi connectivity index (χ4v) is 3.70. The van der Waals surface area contributed by atoms with Gasteiger partial charge in [0.15, 0.2) is 0 Å². The lowest BCUT2D eigenvalue weighted by atomic mass is 9.99. The van der Waals surface area contributed by atoms with Crippen LogP contribution in [0.4, 0.5) is 0 Å². The van der Waals surface area contributed by atoms with E-state index >= 15 is 0 Å². The van der Waals surface area contributed by atoms with Gasteiger partial charge >= 0.3 is 0 Å². The van der Waals surface area contributed by atoms with Gasteiger partial charge in [0.25, 0.3) is 0 Å². The number of hydrogen-bond donors (Lipinski definition) is 1. The van der Waals surface area contributed by atoms with Crippen LogP contribution >= 0.6 is 15.9 Å². The van der Waals surface area contributed by atoms with Crippen LogP contribution in [-0.2, 0) is 22.4 Å². The van der Waals surface area contributed by atoms with E-state index in [1.807, 2.05) is 18.2 Å². The third kappa shape index (κ3) is 4.95. The Balaban J connectivity index is 1.70. The average molecular weight is 429 g/mol. The van der Waals surface area contributed by atoms with Gasteiger partial charge in [0.05, 0.1) is 31.5 Å². The molecular weight excluding hydrogens is 408 g/mol. The molecule has 5 nitrogen and oxygen atoms in total. The molecule has 1 saturated heterocycles. The van der Waals surface area contributed by atoms with E-state index in [0.29, 0.717) is 24.3 Å². The average Bonchev–Trinajstić information content (AvgIpc) is 2.70. The molecule has 2 aromatic carbocycles. The van der Waals surface area contributed by atoms with Crippen molar-refractivity contribution in [3.05, 3.63) is 63.1 Å². The van der Waals surface area contributed by atoms with Crippen molar-refractivity contribution < 1.29 is 14.3 Å². The summed E-state index contributed by atoms with van der Waals surface area (Å²) in [6, 6.07) is 13.2. The Bertz CT molecular complexity index is 870. The van der Waals surface area contributed by atoms with Crippen LogP contribution in [0.2, 0.25) is 0 Å². The van der Waals surface area contributed by atoms with Crippen molar-refractivity contribution >= 4 is 21.7 Å². The topological polar surface area (TPSA) is 71.3 Å². The number of ether oxygens (including phenoxy) is 2. The number of carbonyl (C=O) groups excluding carboxylic acids is 1. The normalized spacial score (nSPS) is 16.6. The van der Waals surface area contributed by atoms with E-state index in [-0.39, 0.29) is 18.3 Å². The number of carbonyl (C=O) groups is 1. The number of methoxy groups -OCH3 is 1. The van der Waals surface area contributed by atoms with E-state index < -0.39 is 0 Å². The van der Waals surface area contributed by atoms with Crippen molar-refractivity contribution in [1.29, 1.82) is 5.26 Å². The van der Waals surface area contributed by atoms with Gasteiger partial charge in [-0.15, -0.1) is 0 Å². The van der Waals surface area contributed by atoms with Gasteiger partial charge in [0.1, 0.15) is 11.5 Å². The number of ketones is 1. The maximum Gasteiger partial charge on any atom is 0.141 e. The molecule has 3 rings (SSSR count). The monoisotopic (exact) mass is 428 g/mol. The van der Waals surface area contributed by atoms with Crippen molar-refractivity contribution in [2.24, 2.45) is 0 Å². The molecule has 0 unspecified atom stereocenters. The number of nitrogens with one attached hydrogen (secondary N) is 1. The van der Waals surface area contributed by atoms with Gasteiger partial charge in [0.2, 0.25) is 0 Å². The van der Waals surface area contributed by atoms with E-state index in [1.54, 1.807) is 25.3 Å². The number of Topliss-reactive ketones (excluding diaryl/α,β-unsaturated/α-hetero) is 1. The van der Waals surface area contributed by atoms with Gasteiger partial charge in [0, 0.05) is 36.0 Å². The zero-order chi connectivity index (χ0) is 19.2. The zero-order valence-corrected chi connectivity index (χ0v) is 16.7. The number of nitrogens with zero attached hydrogens (tertiary/aromatic N) is 1. The summed E-state index contributed by atoms with van der Waals surface area (Å²) in [5.74, 6) is 0.686. The first kappa shape index (κ1) is 19.6. The second-order valence-corrected chi connectivity index (χ2v) is 7.30. The van der Waals surface area contributed by atoms with Crippen molar-refractivity contribution in [1.82, 2.24) is 5.32 Å². The lowest BCUT2D eigenvalue weighted by Crippen LogP contribution is -2.33. The summed E-state index contributed by atoms with van der Waals surface area (Å²) in [7, 11) is 1.56. The molecule has 1 N–H and O–H groups in total. The summed E-state index contributed by atoms with van der Waals surface area (Å²) >= 11 is 3.58. The first-order valence-electron chi connectivity index (χ1n) is 8.80. The maximum atomic E-state index is 12.6. The van der Waals surface area contributed by atoms with Crippen molar-refractivity contribution in [2.45, 2.75) is 18.9 Å². The van der Waals surface area contributed by atoms with Crippen LogP contribution in [0.25, 0.3) is 0 Å². The molecular formula is C21H21BrN2O3. The molecule has 0 saturated carbocycles. The Hall–Kier alpha value is -2.20. The predicted octanol–water partition coefficient (Wildman–Crippen LogP) is 3.34. The Morgan fingerprint density at radius 1 is 1.30 bits per heavy atom. The molecule has 27 heavy (non-hydrogen) atoms. The predicted molar refractivity (Wildman–Crippen MR) is 106 cm³/mol. The second-order valence-electron chi connectivity index (χ2n) is 6.45. The number of benzene rings is 2. The number of halogens is 1. The van der Waals surface area contributed by atoms with Crippen LogP contribution in [0.3, 0.4) is 0 Å². The van der Waals surface area contributed by atoms with Crippen LogP contribution in [0, 0.1) is 11.3 Å². The molecule has 0 aromatic heterocycles. The van der Waals surface area contributed by atoms with Crippen molar-refractivity contribution in [2.75, 3.05) is 26.8 Å². The van der Waals surface area contributed by atoms with Gasteiger partial charge in [-0.05, 0) is 35.4 Å². The molecule has 0 amide bonds. The van der Waals surface area contributed by atoms with Crippen LogP contribution in [-0.4, -0.2) is 32.6 Å². The van der Waals surface area contributed by atoms with Crippen molar-refractivity contribution in [3.8, 4) is 11.8 Å². The number of hydrogen-bond acceptors (Lipinski definition) is 5. The number of morpholine rings is 1. The minimum absolute atomic E-state index is 0.0396. The first-order chi connectivity index (χ1) is 13.1. The second kappa shape index (κ2) is 9.14. The number of nitriles is 1. The third-order valence-corrected chi connectivity index (χ3v) is 5.30. The molecule has 0 radical (unpaired) electrons. The SMILES string of the molecule is COc1ccc(C#N)cc1CC(=O)Cc1ccc([C@H]2CNCCO2)cc1Br. The molecule has 140 valence electrons. The molecule has 1 heterocycles. The fourth-order valence-electron chi connectivity index (χ4n) is 3.16. The largest absolute Gasteiger partial charge is 0.496 e. The minimum atomic E-state index is 0.0396. The highest BCUT2D eigenvalue weighted by atomic mass is 79.9. The Morgan fingerprint density at radius 2 is 2.11 bits per heavy atom. The summed E-state index contributed by atoms with van der Waals surface area (Å²) < 4.78 is 12.0. The van der Waals surface area contributed by atoms with Gasteiger partial charge in [-0.25, -0.2) is 0 Å². The molecule has 0 aliphatic carbocycles. The zero-order valence-electron chi connectivity index (χ0n) is 15.1. The summed E-state index contributed by atoms with van der Waals surface area (Å²) in [6.45, 7) is 2.37. The molecule has 0 spiro atoms. The number of rotatable bonds is 6. The standard InChI is InChI=1S/C21H21BrN2O3/c1-26-20-5-2-14(12-23)8-17(20)10-18(25)9-15-3-4-16(11-19(15)22)21-13-24-6-7-27-21/h2-5,8,11,21,24H,6-7,9-10,13H2,1H3/t21-/m1/s1. The highest BCUT2D eigenvalue weighted by molar-refractivity contribution is 9.10. The summed E-state index contributed by atoms with van der Waals surface area (Å²) in [5.41, 5.74) is 3.28. The fraction of sp³-hybridized carbons (Fsp3) is 0.333. The first-order valence-corrected chi connectivity index (χ1v) is 9.59. The molecule has 1 atom stereocenters. The molecule has 1 fully saturated rings. The minimum Gasteiger partial charge on any atom is -0.496 e. The molecule has 1 aliphatic rings. The lowest BCUT2D eigenvalue weighted by molar-refractivity contribution is -0.117. The van der Waals surface area contributed by atoms with Crippen LogP contribution in [0.1, 0.15) is 28.4 Å². The molecule has 6 heteroatoms. The van der Waals surface area contributed by atoms with Crippen LogP contribution in [0.5, 0.6) is 5.75 Å². The van der Waals surface area contributed by atoms with Gasteiger partial charge in [-0.3, -0.25) is 4.79 Å². The van der Waals surface area contributed by atoms with E-state index in [2.05, 4.69) is 27.3 Å². The van der Waals surface area contributed by atoms with Crippen LogP contribution in [0.15, 0.2) is 40.9 Å². The maximum absolute atomic E-state index is 12.6. The highest BCUT2D eigenvalue weighted by Gasteiger charge is 2.18. The Kier molecular flexibility index (Phi) is 6.62. The lowest BCUT2D eigenvalue weighted by Gasteiger charge is -2.24. The summed E-state index contributed by atoms with van der Waals surface area (Å²) in [5, 5.41) is 12.4. The molecule has 0 bridgehead atoms. The van der Waals surface area contributed by atoms with E-state index in [9.17, 15) is 4.79 Å². The quantitative estimate of drug-likeness (QED) is 0.763. The van der Waals surface area contributed by atoms with Gasteiger partial charge < -0.3 is 14.8 Å². The smallest absolute Gasteiger partial charge is 0.141 e.